The summed E-state index contributed by atoms with van der Waals surface area (Å²) in [5.74, 6) is 1.89. The van der Waals surface area contributed by atoms with Crippen LogP contribution in [0.3, 0.4) is 0 Å². The van der Waals surface area contributed by atoms with E-state index in [9.17, 15) is 0 Å². The molecule has 2 aliphatic heterocycles. The fourth-order valence-electron chi connectivity index (χ4n) is 6.28. The third-order valence-corrected chi connectivity index (χ3v) is 8.73. The lowest BCUT2D eigenvalue weighted by molar-refractivity contribution is 0.0796. The minimum Gasteiger partial charge on any atom is -0.345 e. The minimum atomic E-state index is 0.0330. The first-order valence-corrected chi connectivity index (χ1v) is 11.0. The molecule has 4 heteroatoms. The number of allylic oxidation sites excluding steroid dienone is 2. The van der Waals surface area contributed by atoms with Gasteiger partial charge in [0.1, 0.15) is 6.17 Å². The molecule has 2 bridgehead atoms. The van der Waals surface area contributed by atoms with Crippen LogP contribution in [-0.4, -0.2) is 23.4 Å². The maximum atomic E-state index is 6.71. The van der Waals surface area contributed by atoms with E-state index in [-0.39, 0.29) is 6.17 Å². The zero-order valence-corrected chi connectivity index (χ0v) is 15.6. The Morgan fingerprint density at radius 1 is 1.28 bits per heavy atom. The molecule has 1 aromatic rings. The van der Waals surface area contributed by atoms with Crippen molar-refractivity contribution in [2.24, 2.45) is 11.7 Å². The van der Waals surface area contributed by atoms with Gasteiger partial charge in [0.15, 0.2) is 0 Å². The predicted molar refractivity (Wildman–Crippen MR) is 103 cm³/mol. The summed E-state index contributed by atoms with van der Waals surface area (Å²) in [6.45, 7) is 1.19. The fraction of sp³-hybridized carbons (Fsp3) is 0.619. The van der Waals surface area contributed by atoms with Gasteiger partial charge in [0, 0.05) is 28.5 Å². The maximum absolute atomic E-state index is 6.71. The van der Waals surface area contributed by atoms with Crippen LogP contribution in [0.2, 0.25) is 0 Å². The van der Waals surface area contributed by atoms with Gasteiger partial charge in [-0.05, 0) is 54.8 Å². The molecular weight excluding hydrogens is 326 g/mol. The second kappa shape index (κ2) is 5.28. The standard InChI is InChI=1S/C21H27N3S/c22-20(24-12-25-19-11-18(19)24)14-5-4-13-10-17-15-3-1-2-6-21(15,7-8-23-17)16(13)9-14/h4-5,9,15,17,20,23H,1-3,6-8,10-12,22H2/t15-,17+,20?,21+/m0/s1. The van der Waals surface area contributed by atoms with Gasteiger partial charge < -0.3 is 16.0 Å². The molecule has 0 radical (unpaired) electrons. The van der Waals surface area contributed by atoms with Crippen LogP contribution in [-0.2, 0) is 11.8 Å². The van der Waals surface area contributed by atoms with Crippen LogP contribution in [0, 0.1) is 5.92 Å². The number of nitrogens with one attached hydrogen (secondary N) is 1. The average Bonchev–Trinajstić information content (AvgIpc) is 3.31. The van der Waals surface area contributed by atoms with Gasteiger partial charge in [-0.3, -0.25) is 0 Å². The lowest BCUT2D eigenvalue weighted by atomic mass is 9.52. The van der Waals surface area contributed by atoms with Crippen LogP contribution >= 0.6 is 11.8 Å². The van der Waals surface area contributed by atoms with Crippen LogP contribution in [0.4, 0.5) is 0 Å². The zero-order chi connectivity index (χ0) is 16.6. The average molecular weight is 354 g/mol. The summed E-state index contributed by atoms with van der Waals surface area (Å²) < 4.78 is 0. The van der Waals surface area contributed by atoms with Crippen molar-refractivity contribution in [1.29, 1.82) is 0 Å². The van der Waals surface area contributed by atoms with Gasteiger partial charge in [-0.1, -0.05) is 31.0 Å². The molecule has 2 fully saturated rings. The van der Waals surface area contributed by atoms with Gasteiger partial charge in [-0.25, -0.2) is 0 Å². The molecule has 0 amide bonds. The normalized spacial score (nSPS) is 36.6. The summed E-state index contributed by atoms with van der Waals surface area (Å²) in [6.07, 6.45) is 9.36. The number of benzene rings is 1. The molecule has 1 saturated heterocycles. The smallest absolute Gasteiger partial charge is 0.104 e. The van der Waals surface area contributed by atoms with Crippen molar-refractivity contribution >= 4 is 11.8 Å². The van der Waals surface area contributed by atoms with E-state index in [4.69, 9.17) is 5.73 Å². The SMILES string of the molecule is NC(c1ccc2c(c1)[C@@]13CCCC[C@H]1[C@@H](C2)NCC3)N1CSC2=C1C2. The number of rotatable bonds is 2. The Hall–Kier alpha value is -0.970. The van der Waals surface area contributed by atoms with Crippen molar-refractivity contribution in [2.75, 3.05) is 12.4 Å². The topological polar surface area (TPSA) is 41.3 Å². The van der Waals surface area contributed by atoms with E-state index in [1.165, 1.54) is 62.8 Å². The number of hydrogen-bond acceptors (Lipinski definition) is 4. The number of hydrogen-bond donors (Lipinski definition) is 2. The van der Waals surface area contributed by atoms with Crippen molar-refractivity contribution in [1.82, 2.24) is 10.2 Å². The Labute approximate surface area is 154 Å². The van der Waals surface area contributed by atoms with E-state index in [2.05, 4.69) is 28.4 Å². The van der Waals surface area contributed by atoms with E-state index in [0.717, 1.165) is 11.8 Å². The molecule has 1 unspecified atom stereocenters. The second-order valence-corrected chi connectivity index (χ2v) is 9.71. The molecule has 132 valence electrons. The van der Waals surface area contributed by atoms with Crippen molar-refractivity contribution in [3.8, 4) is 0 Å². The lowest BCUT2D eigenvalue weighted by Gasteiger charge is -2.56. The third-order valence-electron chi connectivity index (χ3n) is 7.60. The Bertz CT molecular complexity index is 768. The molecule has 5 aliphatic rings. The molecule has 3 N–H and O–H groups in total. The first kappa shape index (κ1) is 15.1. The van der Waals surface area contributed by atoms with Gasteiger partial charge >= 0.3 is 0 Å². The number of thioether (sulfide) groups is 1. The molecule has 4 atom stereocenters. The first-order chi connectivity index (χ1) is 12.3. The van der Waals surface area contributed by atoms with Gasteiger partial charge in [-0.2, -0.15) is 0 Å². The van der Waals surface area contributed by atoms with Crippen LogP contribution in [0.15, 0.2) is 28.8 Å². The Morgan fingerprint density at radius 2 is 2.24 bits per heavy atom. The molecule has 0 aromatic heterocycles. The Kier molecular flexibility index (Phi) is 3.19. The third kappa shape index (κ3) is 2.08. The quantitative estimate of drug-likeness (QED) is 0.852. The molecule has 0 spiro atoms. The highest BCUT2D eigenvalue weighted by Gasteiger charge is 2.51. The first-order valence-electron chi connectivity index (χ1n) is 10.00. The highest BCUT2D eigenvalue weighted by Crippen LogP contribution is 2.55. The summed E-state index contributed by atoms with van der Waals surface area (Å²) in [7, 11) is 0. The second-order valence-electron chi connectivity index (χ2n) is 8.67. The van der Waals surface area contributed by atoms with E-state index < -0.39 is 0 Å². The summed E-state index contributed by atoms with van der Waals surface area (Å²) in [5, 5.41) is 3.84. The van der Waals surface area contributed by atoms with Crippen LogP contribution in [0.1, 0.15) is 61.4 Å². The highest BCUT2D eigenvalue weighted by atomic mass is 32.2. The van der Waals surface area contributed by atoms with E-state index in [1.54, 1.807) is 16.0 Å². The van der Waals surface area contributed by atoms with Gasteiger partial charge in [0.2, 0.25) is 0 Å². The van der Waals surface area contributed by atoms with E-state index in [0.29, 0.717) is 11.5 Å². The molecule has 3 aliphatic carbocycles. The molecule has 6 rings (SSSR count). The van der Waals surface area contributed by atoms with Crippen LogP contribution in [0.25, 0.3) is 0 Å². The molecule has 25 heavy (non-hydrogen) atoms. The van der Waals surface area contributed by atoms with Crippen molar-refractivity contribution < 1.29 is 0 Å². The summed E-state index contributed by atoms with van der Waals surface area (Å²) in [5.41, 5.74) is 13.2. The zero-order valence-electron chi connectivity index (χ0n) is 14.8. The minimum absolute atomic E-state index is 0.0330. The van der Waals surface area contributed by atoms with Crippen molar-refractivity contribution in [3.63, 3.8) is 0 Å². The monoisotopic (exact) mass is 353 g/mol. The largest absolute Gasteiger partial charge is 0.345 e. The number of fused-ring (bicyclic) bond motifs is 1. The van der Waals surface area contributed by atoms with Gasteiger partial charge in [0.25, 0.3) is 0 Å². The van der Waals surface area contributed by atoms with E-state index in [1.807, 2.05) is 11.8 Å². The predicted octanol–water partition coefficient (Wildman–Crippen LogP) is 3.61. The molecule has 2 heterocycles. The fourth-order valence-corrected chi connectivity index (χ4v) is 7.42. The molecule has 1 aromatic carbocycles. The Morgan fingerprint density at radius 3 is 3.08 bits per heavy atom. The summed E-state index contributed by atoms with van der Waals surface area (Å²) >= 11 is 1.98. The number of nitrogens with zero attached hydrogens (tertiary/aromatic N) is 1. The van der Waals surface area contributed by atoms with Crippen LogP contribution < -0.4 is 11.1 Å². The maximum Gasteiger partial charge on any atom is 0.104 e. The Balaban J connectivity index is 1.42. The molecular formula is C21H27N3S. The van der Waals surface area contributed by atoms with Crippen LogP contribution in [0.5, 0.6) is 0 Å². The van der Waals surface area contributed by atoms with Crippen molar-refractivity contribution in [3.05, 3.63) is 45.5 Å². The van der Waals surface area contributed by atoms with E-state index >= 15 is 0 Å². The van der Waals surface area contributed by atoms with Crippen molar-refractivity contribution in [2.45, 2.75) is 62.6 Å². The van der Waals surface area contributed by atoms with Gasteiger partial charge in [0.05, 0.1) is 5.88 Å². The summed E-state index contributed by atoms with van der Waals surface area (Å²) in [4.78, 5) is 3.99. The highest BCUT2D eigenvalue weighted by molar-refractivity contribution is 8.03. The van der Waals surface area contributed by atoms with Gasteiger partial charge in [-0.15, -0.1) is 11.8 Å². The molecule has 3 nitrogen and oxygen atoms in total. The number of piperidine rings is 1. The lowest BCUT2D eigenvalue weighted by Crippen LogP contribution is -2.59. The molecule has 1 saturated carbocycles. The summed E-state index contributed by atoms with van der Waals surface area (Å²) in [6, 6.07) is 7.94. The number of nitrogens with two attached hydrogens (primary N) is 1.